The first-order valence-electron chi connectivity index (χ1n) is 8.41. The van der Waals surface area contributed by atoms with Gasteiger partial charge in [-0.15, -0.1) is 5.10 Å². The molecule has 0 unspecified atom stereocenters. The molecule has 0 spiro atoms. The smallest absolute Gasteiger partial charge is 0.234 e. The Morgan fingerprint density at radius 1 is 1.42 bits per heavy atom. The number of carbonyl (C=O) groups is 1. The minimum absolute atomic E-state index is 0.0981. The fourth-order valence-electron chi connectivity index (χ4n) is 3.16. The molecule has 1 heterocycles. The van der Waals surface area contributed by atoms with E-state index < -0.39 is 5.54 Å². The van der Waals surface area contributed by atoms with E-state index in [-0.39, 0.29) is 11.7 Å². The van der Waals surface area contributed by atoms with Crippen molar-refractivity contribution in [1.29, 1.82) is 5.26 Å². The van der Waals surface area contributed by atoms with Crippen LogP contribution in [-0.4, -0.2) is 49.4 Å². The lowest BCUT2D eigenvalue weighted by Crippen LogP contribution is -2.50. The average molecular weight is 391 g/mol. The van der Waals surface area contributed by atoms with Crippen LogP contribution >= 0.6 is 23.4 Å². The number of halogens is 1. The monoisotopic (exact) mass is 390 g/mol. The number of hydrogen-bond donors (Lipinski definition) is 0. The maximum Gasteiger partial charge on any atom is 0.234 e. The van der Waals surface area contributed by atoms with Crippen molar-refractivity contribution in [2.45, 2.75) is 42.8 Å². The van der Waals surface area contributed by atoms with Crippen molar-refractivity contribution < 1.29 is 4.79 Å². The highest BCUT2D eigenvalue weighted by Crippen LogP contribution is 2.33. The van der Waals surface area contributed by atoms with Gasteiger partial charge in [0.2, 0.25) is 11.1 Å². The minimum Gasteiger partial charge on any atom is -0.326 e. The van der Waals surface area contributed by atoms with Gasteiger partial charge >= 0.3 is 0 Å². The lowest BCUT2D eigenvalue weighted by Gasteiger charge is -2.39. The Balaban J connectivity index is 1.69. The zero-order valence-corrected chi connectivity index (χ0v) is 16.0. The van der Waals surface area contributed by atoms with Gasteiger partial charge in [-0.3, -0.25) is 4.79 Å². The molecule has 0 N–H and O–H groups in total. The third kappa shape index (κ3) is 3.84. The molecule has 1 aromatic carbocycles. The van der Waals surface area contributed by atoms with Crippen molar-refractivity contribution in [2.75, 3.05) is 12.8 Å². The Kier molecular flexibility index (Phi) is 5.79. The van der Waals surface area contributed by atoms with E-state index in [1.54, 1.807) is 28.8 Å². The molecular weight excluding hydrogens is 372 g/mol. The van der Waals surface area contributed by atoms with Gasteiger partial charge in [-0.25, -0.2) is 0 Å². The molecule has 1 aromatic heterocycles. The van der Waals surface area contributed by atoms with E-state index in [2.05, 4.69) is 21.6 Å². The highest BCUT2D eigenvalue weighted by molar-refractivity contribution is 7.99. The molecule has 136 valence electrons. The average Bonchev–Trinajstić information content (AvgIpc) is 3.14. The molecule has 1 fully saturated rings. The first-order chi connectivity index (χ1) is 12.6. The molecule has 7 nitrogen and oxygen atoms in total. The highest BCUT2D eigenvalue weighted by atomic mass is 35.5. The zero-order valence-electron chi connectivity index (χ0n) is 14.4. The summed E-state index contributed by atoms with van der Waals surface area (Å²) in [6, 6.07) is 9.55. The molecule has 3 rings (SSSR count). The Labute approximate surface area is 161 Å². The summed E-state index contributed by atoms with van der Waals surface area (Å²) < 4.78 is 1.55. The maximum atomic E-state index is 12.7. The van der Waals surface area contributed by atoms with Gasteiger partial charge in [0.1, 0.15) is 5.54 Å². The van der Waals surface area contributed by atoms with Gasteiger partial charge in [-0.2, -0.15) is 9.94 Å². The van der Waals surface area contributed by atoms with E-state index in [1.165, 1.54) is 11.8 Å². The lowest BCUT2D eigenvalue weighted by atomic mass is 9.81. The zero-order chi connectivity index (χ0) is 18.6. The van der Waals surface area contributed by atoms with E-state index in [4.69, 9.17) is 11.6 Å². The summed E-state index contributed by atoms with van der Waals surface area (Å²) in [6.45, 7) is 0. The number of nitriles is 1. The second kappa shape index (κ2) is 8.06. The number of hydrogen-bond acceptors (Lipinski definition) is 6. The Bertz CT molecular complexity index is 827. The lowest BCUT2D eigenvalue weighted by molar-refractivity contribution is -0.131. The second-order valence-corrected chi connectivity index (χ2v) is 7.68. The van der Waals surface area contributed by atoms with E-state index in [0.29, 0.717) is 10.2 Å². The van der Waals surface area contributed by atoms with Gasteiger partial charge < -0.3 is 4.90 Å². The van der Waals surface area contributed by atoms with Crippen molar-refractivity contribution in [3.63, 3.8) is 0 Å². The molecule has 0 bridgehead atoms. The van der Waals surface area contributed by atoms with Crippen LogP contribution in [0.15, 0.2) is 29.4 Å². The van der Waals surface area contributed by atoms with E-state index in [1.807, 2.05) is 12.1 Å². The van der Waals surface area contributed by atoms with Crippen LogP contribution in [0.1, 0.15) is 32.1 Å². The van der Waals surface area contributed by atoms with Crippen molar-refractivity contribution >= 4 is 29.3 Å². The molecule has 9 heteroatoms. The molecule has 0 atom stereocenters. The summed E-state index contributed by atoms with van der Waals surface area (Å²) in [4.78, 5) is 14.3. The summed E-state index contributed by atoms with van der Waals surface area (Å²) in [7, 11) is 1.72. The normalized spacial score (nSPS) is 16.0. The number of amides is 1. The number of nitrogens with zero attached hydrogens (tertiary/aromatic N) is 6. The number of carbonyl (C=O) groups excluding carboxylic acids is 1. The molecular formula is C17H19ClN6OS. The molecule has 1 saturated carbocycles. The van der Waals surface area contributed by atoms with Crippen molar-refractivity contribution in [3.05, 3.63) is 29.3 Å². The SMILES string of the molecule is CN(C(=O)CSc1nnnn1-c1cccc(Cl)c1)C1(C#N)CCCCC1. The second-order valence-electron chi connectivity index (χ2n) is 6.30. The van der Waals surface area contributed by atoms with E-state index in [0.717, 1.165) is 37.8 Å². The molecule has 1 amide bonds. The maximum absolute atomic E-state index is 12.7. The summed E-state index contributed by atoms with van der Waals surface area (Å²) in [5, 5.41) is 22.4. The first-order valence-corrected chi connectivity index (χ1v) is 9.77. The molecule has 0 aliphatic heterocycles. The van der Waals surface area contributed by atoms with Crippen LogP contribution in [0.2, 0.25) is 5.02 Å². The van der Waals surface area contributed by atoms with Crippen LogP contribution in [0.25, 0.3) is 5.69 Å². The Hall–Kier alpha value is -2.11. The quantitative estimate of drug-likeness (QED) is 0.729. The predicted octanol–water partition coefficient (Wildman–Crippen LogP) is 3.09. The molecule has 2 aromatic rings. The van der Waals surface area contributed by atoms with Crippen molar-refractivity contribution in [1.82, 2.24) is 25.1 Å². The third-order valence-corrected chi connectivity index (χ3v) is 5.86. The molecule has 1 aliphatic rings. The Morgan fingerprint density at radius 3 is 2.88 bits per heavy atom. The molecule has 1 aliphatic carbocycles. The summed E-state index contributed by atoms with van der Waals surface area (Å²) >= 11 is 7.27. The largest absolute Gasteiger partial charge is 0.326 e. The third-order valence-electron chi connectivity index (χ3n) is 4.72. The summed E-state index contributed by atoms with van der Waals surface area (Å²) in [5.41, 5.74) is 0.0426. The van der Waals surface area contributed by atoms with Gasteiger partial charge in [0.05, 0.1) is 17.5 Å². The number of thioether (sulfide) groups is 1. The van der Waals surface area contributed by atoms with Crippen LogP contribution in [0.4, 0.5) is 0 Å². The number of aromatic nitrogens is 4. The van der Waals surface area contributed by atoms with Crippen LogP contribution in [0.3, 0.4) is 0 Å². The van der Waals surface area contributed by atoms with E-state index >= 15 is 0 Å². The van der Waals surface area contributed by atoms with Crippen LogP contribution < -0.4 is 0 Å². The van der Waals surface area contributed by atoms with E-state index in [9.17, 15) is 10.1 Å². The minimum atomic E-state index is -0.686. The highest BCUT2D eigenvalue weighted by Gasteiger charge is 2.38. The van der Waals surface area contributed by atoms with Gasteiger partial charge in [0.25, 0.3) is 0 Å². The standard InChI is InChI=1S/C17H19ClN6OS/c1-23(17(12-19)8-3-2-4-9-17)15(25)11-26-16-20-21-22-24(16)14-7-5-6-13(18)10-14/h5-7,10H,2-4,8-9,11H2,1H3. The topological polar surface area (TPSA) is 87.7 Å². The number of tetrazole rings is 1. The van der Waals surface area contributed by atoms with Crippen LogP contribution in [-0.2, 0) is 4.79 Å². The van der Waals surface area contributed by atoms with Gasteiger partial charge in [-0.05, 0) is 41.5 Å². The fraction of sp³-hybridized carbons (Fsp3) is 0.471. The van der Waals surface area contributed by atoms with Gasteiger partial charge in [-0.1, -0.05) is 48.7 Å². The first kappa shape index (κ1) is 18.7. The van der Waals surface area contributed by atoms with Crippen LogP contribution in [0, 0.1) is 11.3 Å². The predicted molar refractivity (Wildman–Crippen MR) is 99.1 cm³/mol. The van der Waals surface area contributed by atoms with Crippen molar-refractivity contribution in [3.8, 4) is 11.8 Å². The van der Waals surface area contributed by atoms with Gasteiger partial charge in [0, 0.05) is 12.1 Å². The Morgan fingerprint density at radius 2 is 2.19 bits per heavy atom. The fourth-order valence-corrected chi connectivity index (χ4v) is 4.15. The number of rotatable bonds is 5. The molecule has 0 radical (unpaired) electrons. The summed E-state index contributed by atoms with van der Waals surface area (Å²) in [5.74, 6) is 0.0695. The summed E-state index contributed by atoms with van der Waals surface area (Å²) in [6.07, 6.45) is 4.54. The van der Waals surface area contributed by atoms with Crippen molar-refractivity contribution in [2.24, 2.45) is 0 Å². The van der Waals surface area contributed by atoms with Gasteiger partial charge in [0.15, 0.2) is 0 Å². The number of benzene rings is 1. The van der Waals surface area contributed by atoms with Crippen LogP contribution in [0.5, 0.6) is 0 Å². The molecule has 26 heavy (non-hydrogen) atoms. The molecule has 0 saturated heterocycles.